The Kier molecular flexibility index (Phi) is 7.30. The summed E-state index contributed by atoms with van der Waals surface area (Å²) in [5, 5.41) is 13.9. The molecule has 6 rings (SSSR count). The largest absolute Gasteiger partial charge is 0.573 e. The first-order chi connectivity index (χ1) is 20.6. The molecule has 0 radical (unpaired) electrons. The van der Waals surface area contributed by atoms with Crippen LogP contribution in [-0.4, -0.2) is 63.4 Å². The Labute approximate surface area is 244 Å². The van der Waals surface area contributed by atoms with Crippen molar-refractivity contribution in [3.63, 3.8) is 0 Å². The van der Waals surface area contributed by atoms with Crippen molar-refractivity contribution < 1.29 is 37.3 Å². The summed E-state index contributed by atoms with van der Waals surface area (Å²) in [7, 11) is 0. The molecule has 0 saturated carbocycles. The van der Waals surface area contributed by atoms with Crippen LogP contribution in [0.2, 0.25) is 0 Å². The number of hydrogen-bond donors (Lipinski definition) is 1. The number of carboxylic acid groups (broad SMARTS) is 1. The molecular weight excluding hydrogens is 565 g/mol. The van der Waals surface area contributed by atoms with Crippen molar-refractivity contribution in [1.82, 2.24) is 14.7 Å². The van der Waals surface area contributed by atoms with Gasteiger partial charge in [-0.1, -0.05) is 18.2 Å². The molecule has 0 bridgehead atoms. The van der Waals surface area contributed by atoms with Crippen molar-refractivity contribution in [1.29, 1.82) is 0 Å². The Bertz CT molecular complexity index is 1610. The predicted molar refractivity (Wildman–Crippen MR) is 150 cm³/mol. The number of carbonyl (C=O) groups excluding carboxylic acids is 1. The van der Waals surface area contributed by atoms with E-state index < -0.39 is 24.0 Å². The number of halogens is 3. The van der Waals surface area contributed by atoms with Gasteiger partial charge >= 0.3 is 18.4 Å². The van der Waals surface area contributed by atoms with Gasteiger partial charge in [0, 0.05) is 55.5 Å². The lowest BCUT2D eigenvalue weighted by Crippen LogP contribution is -2.46. The number of rotatable bonds is 7. The van der Waals surface area contributed by atoms with Gasteiger partial charge in [0.1, 0.15) is 11.4 Å². The number of benzene rings is 3. The van der Waals surface area contributed by atoms with E-state index in [0.29, 0.717) is 56.0 Å². The first kappa shape index (κ1) is 28.3. The number of nitrogens with zero attached hydrogens (tertiary/aromatic N) is 4. The van der Waals surface area contributed by atoms with E-state index in [1.165, 1.54) is 29.2 Å². The number of aromatic nitrogens is 2. The molecule has 2 fully saturated rings. The molecule has 3 aromatic carbocycles. The number of anilines is 1. The SMILES string of the molecule is O=C(O)c1ccc(N2CC3(CCN(Cc4cn(-c5ccccc5)nc4-c4ccc(OC(F)(F)F)cc4)CC3)OC2=O)cc1. The molecule has 1 aromatic heterocycles. The Morgan fingerprint density at radius 2 is 1.63 bits per heavy atom. The maximum Gasteiger partial charge on any atom is 0.573 e. The molecule has 43 heavy (non-hydrogen) atoms. The van der Waals surface area contributed by atoms with Gasteiger partial charge in [-0.25, -0.2) is 14.3 Å². The van der Waals surface area contributed by atoms with Crippen molar-refractivity contribution >= 4 is 17.7 Å². The minimum Gasteiger partial charge on any atom is -0.478 e. The van der Waals surface area contributed by atoms with Gasteiger partial charge in [-0.15, -0.1) is 13.2 Å². The standard InChI is InChI=1S/C31H27F3N4O5/c32-31(33,34)42-26-12-8-21(9-13-26)27-23(19-38(35-27)25-4-2-1-3-5-25)18-36-16-14-30(15-17-36)20-37(29(41)43-30)24-10-6-22(7-11-24)28(39)40/h1-13,19H,14-18,20H2,(H,39,40). The number of hydrogen-bond acceptors (Lipinski definition) is 6. The van der Waals surface area contributed by atoms with E-state index in [1.807, 2.05) is 36.5 Å². The van der Waals surface area contributed by atoms with Crippen LogP contribution in [0.15, 0.2) is 85.1 Å². The van der Waals surface area contributed by atoms with Crippen LogP contribution < -0.4 is 9.64 Å². The predicted octanol–water partition coefficient (Wildman–Crippen LogP) is 6.13. The Morgan fingerprint density at radius 3 is 2.26 bits per heavy atom. The summed E-state index contributed by atoms with van der Waals surface area (Å²) >= 11 is 0. The molecule has 1 N–H and O–H groups in total. The van der Waals surface area contributed by atoms with E-state index in [-0.39, 0.29) is 11.3 Å². The first-order valence-corrected chi connectivity index (χ1v) is 13.6. The quantitative estimate of drug-likeness (QED) is 0.276. The molecule has 0 aliphatic carbocycles. The Hall–Kier alpha value is -4.84. The highest BCUT2D eigenvalue weighted by molar-refractivity contribution is 5.92. The smallest absolute Gasteiger partial charge is 0.478 e. The lowest BCUT2D eigenvalue weighted by molar-refractivity contribution is -0.274. The normalized spacial score (nSPS) is 16.8. The van der Waals surface area contributed by atoms with Gasteiger partial charge in [0.05, 0.1) is 23.5 Å². The number of amides is 1. The van der Waals surface area contributed by atoms with E-state index in [0.717, 1.165) is 11.3 Å². The third kappa shape index (κ3) is 6.19. The summed E-state index contributed by atoms with van der Waals surface area (Å²) in [4.78, 5) is 27.7. The summed E-state index contributed by atoms with van der Waals surface area (Å²) in [5.74, 6) is -1.34. The number of likely N-dealkylation sites (tertiary alicyclic amines) is 1. The average Bonchev–Trinajstić information content (AvgIpc) is 3.55. The van der Waals surface area contributed by atoms with Crippen LogP contribution in [0.3, 0.4) is 0 Å². The number of aromatic carboxylic acids is 1. The van der Waals surface area contributed by atoms with E-state index in [2.05, 4.69) is 9.64 Å². The lowest BCUT2D eigenvalue weighted by atomic mass is 9.91. The number of para-hydroxylation sites is 1. The van der Waals surface area contributed by atoms with Crippen LogP contribution in [0.4, 0.5) is 23.7 Å². The summed E-state index contributed by atoms with van der Waals surface area (Å²) in [6, 6.07) is 21.3. The van der Waals surface area contributed by atoms with Crippen LogP contribution in [-0.2, 0) is 11.3 Å². The van der Waals surface area contributed by atoms with Gasteiger partial charge in [0.2, 0.25) is 0 Å². The van der Waals surface area contributed by atoms with Gasteiger partial charge in [-0.2, -0.15) is 5.10 Å². The minimum absolute atomic E-state index is 0.139. The van der Waals surface area contributed by atoms with Crippen molar-refractivity contribution in [2.24, 2.45) is 0 Å². The maximum absolute atomic E-state index is 12.8. The zero-order valence-electron chi connectivity index (χ0n) is 22.8. The molecule has 1 spiro atoms. The molecule has 222 valence electrons. The van der Waals surface area contributed by atoms with Crippen LogP contribution in [0.1, 0.15) is 28.8 Å². The van der Waals surface area contributed by atoms with E-state index >= 15 is 0 Å². The molecule has 1 amide bonds. The topological polar surface area (TPSA) is 97.1 Å². The number of ether oxygens (including phenoxy) is 2. The Morgan fingerprint density at radius 1 is 0.953 bits per heavy atom. The van der Waals surface area contributed by atoms with Gasteiger partial charge in [-0.05, 0) is 60.7 Å². The fraction of sp³-hybridized carbons (Fsp3) is 0.258. The number of alkyl halides is 3. The fourth-order valence-electron chi connectivity index (χ4n) is 5.52. The van der Waals surface area contributed by atoms with Gasteiger partial charge in [0.15, 0.2) is 0 Å². The molecule has 2 saturated heterocycles. The first-order valence-electron chi connectivity index (χ1n) is 13.6. The van der Waals surface area contributed by atoms with Crippen LogP contribution >= 0.6 is 0 Å². The van der Waals surface area contributed by atoms with Crippen molar-refractivity contribution in [2.75, 3.05) is 24.5 Å². The summed E-state index contributed by atoms with van der Waals surface area (Å²) in [6.45, 7) is 2.20. The number of carbonyl (C=O) groups is 2. The third-order valence-corrected chi connectivity index (χ3v) is 7.73. The second-order valence-corrected chi connectivity index (χ2v) is 10.6. The monoisotopic (exact) mass is 592 g/mol. The molecule has 0 unspecified atom stereocenters. The Balaban J connectivity index is 1.17. The van der Waals surface area contributed by atoms with Crippen LogP contribution in [0.5, 0.6) is 5.75 Å². The maximum atomic E-state index is 12.8. The van der Waals surface area contributed by atoms with E-state index in [1.54, 1.807) is 28.9 Å². The molecule has 3 heterocycles. The third-order valence-electron chi connectivity index (χ3n) is 7.73. The second-order valence-electron chi connectivity index (χ2n) is 10.6. The molecule has 0 atom stereocenters. The molecule has 4 aromatic rings. The molecule has 2 aliphatic heterocycles. The van der Waals surface area contributed by atoms with Gasteiger partial charge in [-0.3, -0.25) is 9.80 Å². The molecule has 9 nitrogen and oxygen atoms in total. The number of carboxylic acids is 1. The van der Waals surface area contributed by atoms with Gasteiger partial charge < -0.3 is 14.6 Å². The second kappa shape index (κ2) is 11.1. The summed E-state index contributed by atoms with van der Waals surface area (Å²) < 4.78 is 49.7. The highest BCUT2D eigenvalue weighted by Gasteiger charge is 2.47. The van der Waals surface area contributed by atoms with Crippen LogP contribution in [0.25, 0.3) is 16.9 Å². The lowest BCUT2D eigenvalue weighted by Gasteiger charge is -2.37. The summed E-state index contributed by atoms with van der Waals surface area (Å²) in [5.41, 5.74) is 3.11. The van der Waals surface area contributed by atoms with Crippen LogP contribution in [0, 0.1) is 0 Å². The van der Waals surface area contributed by atoms with E-state index in [4.69, 9.17) is 14.9 Å². The molecule has 2 aliphatic rings. The average molecular weight is 593 g/mol. The highest BCUT2D eigenvalue weighted by atomic mass is 19.4. The number of piperidine rings is 1. The molecule has 12 heteroatoms. The summed E-state index contributed by atoms with van der Waals surface area (Å²) in [6.07, 6.45) is -2.10. The zero-order valence-corrected chi connectivity index (χ0v) is 22.8. The van der Waals surface area contributed by atoms with Crippen molar-refractivity contribution in [2.45, 2.75) is 31.3 Å². The highest BCUT2D eigenvalue weighted by Crippen LogP contribution is 2.37. The molecular formula is C31H27F3N4O5. The minimum atomic E-state index is -4.77. The van der Waals surface area contributed by atoms with Gasteiger partial charge in [0.25, 0.3) is 0 Å². The fourth-order valence-corrected chi connectivity index (χ4v) is 5.52. The van der Waals surface area contributed by atoms with E-state index in [9.17, 15) is 22.8 Å². The van der Waals surface area contributed by atoms with Crippen molar-refractivity contribution in [3.05, 3.63) is 96.2 Å². The van der Waals surface area contributed by atoms with Crippen molar-refractivity contribution in [3.8, 4) is 22.7 Å². The zero-order chi connectivity index (χ0) is 30.2.